The Morgan fingerprint density at radius 2 is 2.00 bits per heavy atom. The van der Waals surface area contributed by atoms with Gasteiger partial charge in [-0.3, -0.25) is 9.88 Å². The highest BCUT2D eigenvalue weighted by Gasteiger charge is 2.26. The molecule has 1 aromatic heterocycles. The van der Waals surface area contributed by atoms with Crippen molar-refractivity contribution in [3.8, 4) is 0 Å². The molecule has 3 rings (SSSR count). The molecule has 0 saturated carbocycles. The number of halogens is 1. The van der Waals surface area contributed by atoms with E-state index in [0.29, 0.717) is 6.04 Å². The van der Waals surface area contributed by atoms with E-state index in [2.05, 4.69) is 27.3 Å². The molecule has 1 aromatic rings. The Bertz CT molecular complexity index is 384. The second-order valence-electron chi connectivity index (χ2n) is 5.55. The lowest BCUT2D eigenvalue weighted by Gasteiger charge is -2.39. The highest BCUT2D eigenvalue weighted by Crippen LogP contribution is 2.25. The molecule has 5 heteroatoms. The summed E-state index contributed by atoms with van der Waals surface area (Å²) in [5.74, 6) is 0.802. The minimum atomic E-state index is 0. The zero-order valence-corrected chi connectivity index (χ0v) is 12.6. The van der Waals surface area contributed by atoms with Crippen LogP contribution in [-0.2, 0) is 4.74 Å². The van der Waals surface area contributed by atoms with Crippen LogP contribution in [-0.4, -0.2) is 49.3 Å². The zero-order chi connectivity index (χ0) is 12.9. The third-order valence-electron chi connectivity index (χ3n) is 4.28. The molecule has 0 aromatic carbocycles. The molecule has 3 heterocycles. The van der Waals surface area contributed by atoms with Gasteiger partial charge in [0.25, 0.3) is 0 Å². The molecule has 0 spiro atoms. The van der Waals surface area contributed by atoms with Crippen molar-refractivity contribution in [1.29, 1.82) is 0 Å². The molecule has 0 aliphatic carbocycles. The van der Waals surface area contributed by atoms with Gasteiger partial charge in [0.15, 0.2) is 0 Å². The maximum atomic E-state index is 5.46. The second kappa shape index (κ2) is 7.93. The van der Waals surface area contributed by atoms with Crippen LogP contribution in [0.25, 0.3) is 0 Å². The molecule has 1 unspecified atom stereocenters. The molecule has 1 atom stereocenters. The van der Waals surface area contributed by atoms with Gasteiger partial charge in [0.1, 0.15) is 0 Å². The average molecular weight is 298 g/mol. The third-order valence-corrected chi connectivity index (χ3v) is 4.28. The maximum Gasteiger partial charge on any atom is 0.0474 e. The molecule has 2 fully saturated rings. The van der Waals surface area contributed by atoms with E-state index in [1.165, 1.54) is 24.9 Å². The van der Waals surface area contributed by atoms with Crippen LogP contribution in [0.1, 0.15) is 24.4 Å². The number of aromatic nitrogens is 1. The SMILES string of the molecule is Cl.c1cc(C2CNCCN2CC2CCOCC2)ccn1. The number of hydrogen-bond donors (Lipinski definition) is 1. The van der Waals surface area contributed by atoms with Crippen molar-refractivity contribution in [1.82, 2.24) is 15.2 Å². The first-order valence-corrected chi connectivity index (χ1v) is 7.36. The zero-order valence-electron chi connectivity index (χ0n) is 11.8. The Balaban J connectivity index is 0.00000147. The number of nitrogens with zero attached hydrogens (tertiary/aromatic N) is 2. The summed E-state index contributed by atoms with van der Waals surface area (Å²) in [6.45, 7) is 6.38. The first-order chi connectivity index (χ1) is 9.43. The third kappa shape index (κ3) is 3.92. The van der Waals surface area contributed by atoms with Gasteiger partial charge in [-0.15, -0.1) is 12.4 Å². The smallest absolute Gasteiger partial charge is 0.0474 e. The second-order valence-corrected chi connectivity index (χ2v) is 5.55. The van der Waals surface area contributed by atoms with Gasteiger partial charge in [0.2, 0.25) is 0 Å². The molecule has 2 aliphatic heterocycles. The van der Waals surface area contributed by atoms with E-state index >= 15 is 0 Å². The molecule has 0 radical (unpaired) electrons. The van der Waals surface area contributed by atoms with Crippen molar-refractivity contribution in [2.75, 3.05) is 39.4 Å². The summed E-state index contributed by atoms with van der Waals surface area (Å²) in [5, 5.41) is 3.51. The number of nitrogens with one attached hydrogen (secondary N) is 1. The monoisotopic (exact) mass is 297 g/mol. The highest BCUT2D eigenvalue weighted by atomic mass is 35.5. The van der Waals surface area contributed by atoms with Gasteiger partial charge in [0.05, 0.1) is 0 Å². The molecule has 112 valence electrons. The summed E-state index contributed by atoms with van der Waals surface area (Å²) >= 11 is 0. The van der Waals surface area contributed by atoms with Crippen LogP contribution in [0.4, 0.5) is 0 Å². The fourth-order valence-corrected chi connectivity index (χ4v) is 3.14. The molecule has 1 N–H and O–H groups in total. The maximum absolute atomic E-state index is 5.46. The van der Waals surface area contributed by atoms with E-state index in [0.717, 1.165) is 38.8 Å². The summed E-state index contributed by atoms with van der Waals surface area (Å²) in [6, 6.07) is 4.79. The molecule has 2 saturated heterocycles. The number of pyridine rings is 1. The number of rotatable bonds is 3. The average Bonchev–Trinajstić information content (AvgIpc) is 2.50. The van der Waals surface area contributed by atoms with Crippen LogP contribution in [0.5, 0.6) is 0 Å². The van der Waals surface area contributed by atoms with E-state index in [-0.39, 0.29) is 12.4 Å². The van der Waals surface area contributed by atoms with E-state index in [9.17, 15) is 0 Å². The Hall–Kier alpha value is -0.680. The van der Waals surface area contributed by atoms with Crippen molar-refractivity contribution in [3.63, 3.8) is 0 Å². The Morgan fingerprint density at radius 3 is 2.75 bits per heavy atom. The normalized spacial score (nSPS) is 25.1. The first kappa shape index (κ1) is 15.7. The molecule has 2 aliphatic rings. The van der Waals surface area contributed by atoms with Gasteiger partial charge in [0, 0.05) is 57.8 Å². The van der Waals surface area contributed by atoms with Crippen molar-refractivity contribution in [3.05, 3.63) is 30.1 Å². The van der Waals surface area contributed by atoms with Crippen molar-refractivity contribution < 1.29 is 4.74 Å². The topological polar surface area (TPSA) is 37.4 Å². The van der Waals surface area contributed by atoms with Crippen molar-refractivity contribution >= 4 is 12.4 Å². The molecule has 4 nitrogen and oxygen atoms in total. The van der Waals surface area contributed by atoms with Gasteiger partial charge >= 0.3 is 0 Å². The Kier molecular flexibility index (Phi) is 6.23. The summed E-state index contributed by atoms with van der Waals surface area (Å²) in [4.78, 5) is 6.77. The number of hydrogen-bond acceptors (Lipinski definition) is 4. The fraction of sp³-hybridized carbons (Fsp3) is 0.667. The minimum absolute atomic E-state index is 0. The first-order valence-electron chi connectivity index (χ1n) is 7.36. The predicted octanol–water partition coefficient (Wildman–Crippen LogP) is 1.88. The van der Waals surface area contributed by atoms with Gasteiger partial charge in [-0.2, -0.15) is 0 Å². The summed E-state index contributed by atoms with van der Waals surface area (Å²) in [7, 11) is 0. The lowest BCUT2D eigenvalue weighted by atomic mass is 9.96. The van der Waals surface area contributed by atoms with Crippen LogP contribution >= 0.6 is 12.4 Å². The van der Waals surface area contributed by atoms with Crippen molar-refractivity contribution in [2.24, 2.45) is 5.92 Å². The summed E-state index contributed by atoms with van der Waals surface area (Å²) < 4.78 is 5.46. The van der Waals surface area contributed by atoms with Crippen LogP contribution in [0, 0.1) is 5.92 Å². The minimum Gasteiger partial charge on any atom is -0.381 e. The molecule has 0 amide bonds. The highest BCUT2D eigenvalue weighted by molar-refractivity contribution is 5.85. The molecular weight excluding hydrogens is 274 g/mol. The van der Waals surface area contributed by atoms with Crippen LogP contribution in [0.2, 0.25) is 0 Å². The predicted molar refractivity (Wildman–Crippen MR) is 82.2 cm³/mol. The fourth-order valence-electron chi connectivity index (χ4n) is 3.14. The van der Waals surface area contributed by atoms with E-state index < -0.39 is 0 Å². The lowest BCUT2D eigenvalue weighted by molar-refractivity contribution is 0.0408. The quantitative estimate of drug-likeness (QED) is 0.924. The Morgan fingerprint density at radius 1 is 1.25 bits per heavy atom. The van der Waals surface area contributed by atoms with Gasteiger partial charge in [-0.1, -0.05) is 0 Å². The number of ether oxygens (including phenoxy) is 1. The van der Waals surface area contributed by atoms with Gasteiger partial charge in [-0.25, -0.2) is 0 Å². The molecular formula is C15H24ClN3O. The standard InChI is InChI=1S/C15H23N3O.ClH/c1-5-16-6-2-14(1)15-11-17-7-8-18(15)12-13-3-9-19-10-4-13;/h1-2,5-6,13,15,17H,3-4,7-12H2;1H. The van der Waals surface area contributed by atoms with E-state index in [1.54, 1.807) is 0 Å². The summed E-state index contributed by atoms with van der Waals surface area (Å²) in [5.41, 5.74) is 1.38. The lowest BCUT2D eigenvalue weighted by Crippen LogP contribution is -2.48. The van der Waals surface area contributed by atoms with Crippen molar-refractivity contribution in [2.45, 2.75) is 18.9 Å². The van der Waals surface area contributed by atoms with Crippen LogP contribution < -0.4 is 5.32 Å². The van der Waals surface area contributed by atoms with E-state index in [1.807, 2.05) is 12.4 Å². The summed E-state index contributed by atoms with van der Waals surface area (Å²) in [6.07, 6.45) is 6.23. The van der Waals surface area contributed by atoms with Gasteiger partial charge in [-0.05, 0) is 36.5 Å². The number of piperazine rings is 1. The van der Waals surface area contributed by atoms with Gasteiger partial charge < -0.3 is 10.1 Å². The van der Waals surface area contributed by atoms with Crippen LogP contribution in [0.15, 0.2) is 24.5 Å². The van der Waals surface area contributed by atoms with Crippen LogP contribution in [0.3, 0.4) is 0 Å². The molecule has 20 heavy (non-hydrogen) atoms. The Labute approximate surface area is 127 Å². The molecule has 0 bridgehead atoms. The van der Waals surface area contributed by atoms with E-state index in [4.69, 9.17) is 4.74 Å². The largest absolute Gasteiger partial charge is 0.381 e.